The second kappa shape index (κ2) is 0.792. The highest BCUT2D eigenvalue weighted by atomic mass is 127. The van der Waals surface area contributed by atoms with Crippen LogP contribution >= 0.6 is 49.9 Å². The van der Waals surface area contributed by atoms with Gasteiger partial charge < -0.3 is 0 Å². The second-order valence-corrected chi connectivity index (χ2v) is 23.4. The second-order valence-electron chi connectivity index (χ2n) is 1.65. The molecule has 0 saturated carbocycles. The molecule has 0 aromatic heterocycles. The van der Waals surface area contributed by atoms with E-state index in [2.05, 4.69) is 21.2 Å². The van der Waals surface area contributed by atoms with Gasteiger partial charge in [-0.1, -0.05) is 0 Å². The molecule has 7 heavy (non-hydrogen) atoms. The van der Waals surface area contributed by atoms with E-state index in [0.717, 1.165) is 0 Å². The van der Waals surface area contributed by atoms with Gasteiger partial charge in [0.05, 0.1) is 0 Å². The van der Waals surface area contributed by atoms with Gasteiger partial charge in [0.2, 0.25) is 2.74 Å². The Labute approximate surface area is 62.3 Å². The van der Waals surface area contributed by atoms with Crippen molar-refractivity contribution in [2.75, 3.05) is 0 Å². The molecule has 0 bridgehead atoms. The third-order valence-electron chi connectivity index (χ3n) is 1.31. The van der Waals surface area contributed by atoms with Gasteiger partial charge in [0.25, 0.3) is 0 Å². The van der Waals surface area contributed by atoms with Crippen molar-refractivity contribution >= 4 is 56.1 Å². The average Bonchev–Trinajstić information content (AvgIpc) is 2.11. The topological polar surface area (TPSA) is 17.1 Å². The molecule has 3 rings (SSSR count). The molecule has 3 fully saturated rings. The maximum absolute atomic E-state index is 11.1. The monoisotopic (exact) mass is 284 g/mol. The molecule has 3 heterocycles. The molecule has 3 aliphatic heterocycles. The van der Waals surface area contributed by atoms with Crippen LogP contribution in [0.2, 0.25) is 0 Å². The van der Waals surface area contributed by atoms with Gasteiger partial charge in [0.1, 0.15) is 0 Å². The zero-order valence-electron chi connectivity index (χ0n) is 2.96. The Morgan fingerprint density at radius 3 is 2.00 bits per heavy atom. The molecule has 1 nitrogen and oxygen atoms in total. The van der Waals surface area contributed by atoms with Crippen LogP contribution < -0.4 is 0 Å². The molecule has 3 aliphatic rings. The summed E-state index contributed by atoms with van der Waals surface area (Å²) in [7, 11) is 3.56. The van der Waals surface area contributed by atoms with Crippen LogP contribution in [-0.4, -0.2) is 6.95 Å². The molecule has 0 spiro atoms. The Morgan fingerprint density at radius 1 is 1.71 bits per heavy atom. The minimum absolute atomic E-state index is 0.407. The largest absolute Gasteiger partial charge is 0.262 e. The van der Waals surface area contributed by atoms with Crippen molar-refractivity contribution in [1.29, 1.82) is 0 Å². The fourth-order valence-corrected chi connectivity index (χ4v) is 47.4. The Bertz CT molecular complexity index is 198. The standard InChI is InChI=1S/CHIOS4/c2-6(3)1-4-7(1,6)5-1/h6H. The number of hydrogen-bond donors (Lipinski definition) is 1. The maximum Gasteiger partial charge on any atom is 0.207 e. The predicted octanol–water partition coefficient (Wildman–Crippen LogP) is 2.02. The van der Waals surface area contributed by atoms with Crippen molar-refractivity contribution in [2.45, 2.75) is 2.74 Å². The highest BCUT2D eigenvalue weighted by molar-refractivity contribution is 14.2. The van der Waals surface area contributed by atoms with Crippen LogP contribution in [0, 0.1) is 0 Å². The van der Waals surface area contributed by atoms with Crippen LogP contribution in [0.1, 0.15) is 0 Å². The molecule has 0 amide bonds. The van der Waals surface area contributed by atoms with Gasteiger partial charge in [0, 0.05) is 27.3 Å². The zero-order chi connectivity index (χ0) is 4.91. The fourth-order valence-electron chi connectivity index (χ4n) is 0.664. The molecule has 0 N–H and O–H groups in total. The van der Waals surface area contributed by atoms with Crippen molar-refractivity contribution in [3.63, 3.8) is 0 Å². The summed E-state index contributed by atoms with van der Waals surface area (Å²) in [5.74, 6) is 0. The van der Waals surface area contributed by atoms with E-state index in [-0.39, 0.29) is 0 Å². The predicted molar refractivity (Wildman–Crippen MR) is 49.1 cm³/mol. The Kier molecular flexibility index (Phi) is 0.532. The highest BCUT2D eigenvalue weighted by Gasteiger charge is 3.12. The first-order valence-corrected chi connectivity index (χ1v) is 11.1. The smallest absolute Gasteiger partial charge is 0.207 e. The first-order chi connectivity index (χ1) is 3.16. The fraction of sp³-hybridized carbons (Fsp3) is 1.00. The summed E-state index contributed by atoms with van der Waals surface area (Å²) < 4.78 is 11.5. The van der Waals surface area contributed by atoms with Gasteiger partial charge in [-0.25, -0.2) is 0 Å². The summed E-state index contributed by atoms with van der Waals surface area (Å²) in [5.41, 5.74) is 0. The summed E-state index contributed by atoms with van der Waals surface area (Å²) >= 11 is 2.17. The molecular formula is CHIOS4. The summed E-state index contributed by atoms with van der Waals surface area (Å²) in [6, 6.07) is 0. The van der Waals surface area contributed by atoms with Crippen molar-refractivity contribution in [1.82, 2.24) is 0 Å². The number of hydrogen-bond acceptors (Lipinski definition) is 3. The van der Waals surface area contributed by atoms with E-state index in [1.807, 2.05) is 21.6 Å². The SMILES string of the molecule is O=[SH]1(I)C23SS21S3. The van der Waals surface area contributed by atoms with Crippen LogP contribution in [-0.2, 0) is 6.14 Å². The zero-order valence-corrected chi connectivity index (χ0v) is 8.46. The first kappa shape index (κ1) is 4.70. The summed E-state index contributed by atoms with van der Waals surface area (Å²) in [5, 5.41) is 0. The van der Waals surface area contributed by atoms with E-state index in [9.17, 15) is 4.21 Å². The third-order valence-corrected chi connectivity index (χ3v) is 41.4. The molecule has 6 heteroatoms. The van der Waals surface area contributed by atoms with E-state index in [4.69, 9.17) is 0 Å². The van der Waals surface area contributed by atoms with E-state index >= 15 is 0 Å². The molecule has 0 aromatic carbocycles. The molecule has 0 radical (unpaired) electrons. The minimum atomic E-state index is -1.44. The molecule has 0 aliphatic carbocycles. The molecular weight excluding hydrogens is 283 g/mol. The van der Waals surface area contributed by atoms with Crippen LogP contribution in [0.5, 0.6) is 0 Å². The van der Waals surface area contributed by atoms with Crippen LogP contribution in [0.25, 0.3) is 0 Å². The lowest BCUT2D eigenvalue weighted by atomic mass is 11.8. The molecule has 0 aromatic rings. The van der Waals surface area contributed by atoms with Crippen molar-refractivity contribution in [3.8, 4) is 0 Å². The number of rotatable bonds is 0. The van der Waals surface area contributed by atoms with Crippen molar-refractivity contribution < 1.29 is 4.21 Å². The van der Waals surface area contributed by atoms with Gasteiger partial charge in [-0.2, -0.15) is 0 Å². The van der Waals surface area contributed by atoms with Crippen LogP contribution in [0.4, 0.5) is 0 Å². The average molecular weight is 284 g/mol. The third kappa shape index (κ3) is 0.229. The Morgan fingerprint density at radius 2 is 2.00 bits per heavy atom. The first-order valence-electron chi connectivity index (χ1n) is 1.70. The van der Waals surface area contributed by atoms with Crippen molar-refractivity contribution in [2.24, 2.45) is 0 Å². The molecule has 0 unspecified atom stereocenters. The minimum Gasteiger partial charge on any atom is -0.262 e. The van der Waals surface area contributed by atoms with Crippen molar-refractivity contribution in [3.05, 3.63) is 0 Å². The molecule has 0 atom stereocenters. The summed E-state index contributed by atoms with van der Waals surface area (Å²) in [4.78, 5) is 0. The lowest BCUT2D eigenvalue weighted by Gasteiger charge is -2.17. The van der Waals surface area contributed by atoms with Gasteiger partial charge in [-0.15, -0.1) is 0 Å². The number of thiol groups is 1. The van der Waals surface area contributed by atoms with Gasteiger partial charge in [-0.3, -0.25) is 4.21 Å². The lowest BCUT2D eigenvalue weighted by Crippen LogP contribution is -1.97. The number of halogens is 1. The maximum atomic E-state index is 11.1. The quantitative estimate of drug-likeness (QED) is 0.241. The lowest BCUT2D eigenvalue weighted by molar-refractivity contribution is 0.694. The van der Waals surface area contributed by atoms with Gasteiger partial charge >= 0.3 is 0 Å². The molecule has 42 valence electrons. The van der Waals surface area contributed by atoms with Crippen LogP contribution in [0.3, 0.4) is 0 Å². The van der Waals surface area contributed by atoms with Gasteiger partial charge in [-0.05, 0) is 28.7 Å². The summed E-state index contributed by atoms with van der Waals surface area (Å²) in [6.45, 7) is 0. The Hall–Kier alpha value is 1.93. The van der Waals surface area contributed by atoms with Crippen LogP contribution in [0.15, 0.2) is 0 Å². The summed E-state index contributed by atoms with van der Waals surface area (Å²) in [6.07, 6.45) is -1.44. The van der Waals surface area contributed by atoms with E-state index < -0.39 is 13.3 Å². The van der Waals surface area contributed by atoms with E-state index in [0.29, 0.717) is 2.74 Å². The highest BCUT2D eigenvalue weighted by Crippen LogP contribution is 3.41. The normalized spacial score (nSPS) is 89.9. The molecule has 3 saturated heterocycles. The van der Waals surface area contributed by atoms with Gasteiger partial charge in [0.15, 0.2) is 0 Å². The Balaban J connectivity index is 2.36. The van der Waals surface area contributed by atoms with E-state index in [1.54, 1.807) is 0 Å². The van der Waals surface area contributed by atoms with E-state index in [1.165, 1.54) is 0 Å².